The molecule has 0 aromatic rings. The molecule has 0 aliphatic rings. The lowest BCUT2D eigenvalue weighted by Gasteiger charge is -2.01. The normalized spacial score (nSPS) is 9.31. The monoisotopic (exact) mass is 209 g/mol. The van der Waals surface area contributed by atoms with E-state index in [1.54, 1.807) is 0 Å². The number of nitrogens with zero attached hydrogens (tertiary/aromatic N) is 1. The lowest BCUT2D eigenvalue weighted by atomic mass is 10.8. The third kappa shape index (κ3) is 11.0. The molecular weight excluding hydrogens is 198 g/mol. The minimum atomic E-state index is -0.827. The van der Waals surface area contributed by atoms with Crippen LogP contribution in [0.2, 0.25) is 0 Å². The first kappa shape index (κ1) is 12.0. The summed E-state index contributed by atoms with van der Waals surface area (Å²) in [5, 5.41) is 8.86. The van der Waals surface area contributed by atoms with Crippen molar-refractivity contribution >= 4 is 17.7 Å². The number of carbonyl (C=O) groups is 1. The Hall–Kier alpha value is -0.980. The highest BCUT2D eigenvalue weighted by molar-refractivity contribution is 7.99. The van der Waals surface area contributed by atoms with E-state index in [1.807, 2.05) is 0 Å². The minimum absolute atomic E-state index is 0.0672. The maximum absolute atomic E-state index is 10.3. The number of thioether (sulfide) groups is 1. The molecule has 0 aliphatic carbocycles. The van der Waals surface area contributed by atoms with Gasteiger partial charge in [-0.3, -0.25) is 4.79 Å². The largest absolute Gasteiger partial charge is 0.465 e. The quantitative estimate of drug-likeness (QED) is 0.263. The van der Waals surface area contributed by atoms with Crippen LogP contribution in [0.25, 0.3) is 0 Å². The summed E-state index contributed by atoms with van der Waals surface area (Å²) in [6.45, 7) is 1.73. The van der Waals surface area contributed by atoms with Crippen molar-refractivity contribution in [2.75, 3.05) is 24.7 Å². The molecular formula is C6H11NO5S. The molecule has 0 heterocycles. The summed E-state index contributed by atoms with van der Waals surface area (Å²) in [5.41, 5.74) is 0. The van der Waals surface area contributed by atoms with Crippen molar-refractivity contribution in [3.05, 3.63) is 10.1 Å². The molecule has 6 nitrogen and oxygen atoms in total. The fourth-order valence-corrected chi connectivity index (χ4v) is 1.11. The molecule has 0 N–H and O–H groups in total. The van der Waals surface area contributed by atoms with E-state index in [9.17, 15) is 14.9 Å². The van der Waals surface area contributed by atoms with Crippen LogP contribution in [0.5, 0.6) is 0 Å². The van der Waals surface area contributed by atoms with Crippen LogP contribution in [0.4, 0.5) is 0 Å². The minimum Gasteiger partial charge on any atom is -0.465 e. The van der Waals surface area contributed by atoms with E-state index >= 15 is 0 Å². The van der Waals surface area contributed by atoms with E-state index in [1.165, 1.54) is 18.7 Å². The molecule has 0 rings (SSSR count). The van der Waals surface area contributed by atoms with Gasteiger partial charge in [0.15, 0.2) is 0 Å². The molecule has 0 amide bonds. The molecule has 0 aromatic carbocycles. The summed E-state index contributed by atoms with van der Waals surface area (Å²) in [7, 11) is 0. The standard InChI is InChI=1S/C6H11NO5S/c1-6(8)11-2-4-13-5-3-12-7(9)10/h2-5H2,1H3. The van der Waals surface area contributed by atoms with E-state index in [-0.39, 0.29) is 12.6 Å². The topological polar surface area (TPSA) is 78.7 Å². The third-order valence-corrected chi connectivity index (χ3v) is 1.87. The average molecular weight is 209 g/mol. The van der Waals surface area contributed by atoms with Crippen LogP contribution in [-0.2, 0) is 14.4 Å². The van der Waals surface area contributed by atoms with E-state index in [4.69, 9.17) is 0 Å². The number of esters is 1. The van der Waals surface area contributed by atoms with Crippen molar-refractivity contribution in [2.24, 2.45) is 0 Å². The lowest BCUT2D eigenvalue weighted by molar-refractivity contribution is -0.756. The second kappa shape index (κ2) is 7.66. The zero-order valence-corrected chi connectivity index (χ0v) is 8.04. The Bertz CT molecular complexity index is 156. The molecule has 0 aliphatic heterocycles. The van der Waals surface area contributed by atoms with Crippen molar-refractivity contribution in [3.8, 4) is 0 Å². The van der Waals surface area contributed by atoms with E-state index in [0.717, 1.165) is 0 Å². The van der Waals surface area contributed by atoms with E-state index < -0.39 is 5.09 Å². The Kier molecular flexibility index (Phi) is 7.08. The molecule has 0 bridgehead atoms. The smallest absolute Gasteiger partial charge is 0.302 e. The molecule has 0 spiro atoms. The number of hydrogen-bond donors (Lipinski definition) is 0. The Morgan fingerprint density at radius 3 is 2.62 bits per heavy atom. The second-order valence-corrected chi connectivity index (χ2v) is 3.23. The molecule has 0 saturated carbocycles. The van der Waals surface area contributed by atoms with Gasteiger partial charge in [0.25, 0.3) is 5.09 Å². The first-order valence-electron chi connectivity index (χ1n) is 3.61. The van der Waals surface area contributed by atoms with Gasteiger partial charge in [-0.2, -0.15) is 11.8 Å². The van der Waals surface area contributed by atoms with Gasteiger partial charge in [0.1, 0.15) is 13.2 Å². The fourth-order valence-electron chi connectivity index (χ4n) is 0.517. The maximum Gasteiger partial charge on any atom is 0.302 e. The summed E-state index contributed by atoms with van der Waals surface area (Å²) in [6, 6.07) is 0. The third-order valence-electron chi connectivity index (χ3n) is 0.957. The lowest BCUT2D eigenvalue weighted by Crippen LogP contribution is -2.06. The Balaban J connectivity index is 3.00. The fraction of sp³-hybridized carbons (Fsp3) is 0.833. The van der Waals surface area contributed by atoms with Crippen LogP contribution in [0.15, 0.2) is 0 Å². The van der Waals surface area contributed by atoms with Crippen LogP contribution in [-0.4, -0.2) is 35.8 Å². The molecule has 7 heteroatoms. The first-order chi connectivity index (χ1) is 6.13. The van der Waals surface area contributed by atoms with Gasteiger partial charge in [-0.05, 0) is 0 Å². The zero-order valence-electron chi connectivity index (χ0n) is 7.23. The van der Waals surface area contributed by atoms with E-state index in [2.05, 4.69) is 9.57 Å². The molecule has 0 atom stereocenters. The van der Waals surface area contributed by atoms with Crippen molar-refractivity contribution in [1.29, 1.82) is 0 Å². The summed E-state index contributed by atoms with van der Waals surface area (Å²) in [5.74, 6) is 0.824. The number of carbonyl (C=O) groups excluding carboxylic acids is 1. The van der Waals surface area contributed by atoms with Crippen molar-refractivity contribution in [2.45, 2.75) is 6.92 Å². The van der Waals surface area contributed by atoms with Gasteiger partial charge < -0.3 is 9.57 Å². The highest BCUT2D eigenvalue weighted by Crippen LogP contribution is 1.99. The molecule has 0 unspecified atom stereocenters. The molecule has 0 aromatic heterocycles. The Labute approximate surface area is 79.7 Å². The van der Waals surface area contributed by atoms with Gasteiger partial charge in [0, 0.05) is 18.4 Å². The zero-order chi connectivity index (χ0) is 10.1. The SMILES string of the molecule is CC(=O)OCCSCCO[N+](=O)[O-]. The van der Waals surface area contributed by atoms with Crippen LogP contribution in [0, 0.1) is 10.1 Å². The highest BCUT2D eigenvalue weighted by Gasteiger charge is 1.95. The molecule has 0 radical (unpaired) electrons. The number of ether oxygens (including phenoxy) is 1. The predicted molar refractivity (Wildman–Crippen MR) is 46.9 cm³/mol. The summed E-state index contributed by atoms with van der Waals surface area (Å²) >= 11 is 1.43. The van der Waals surface area contributed by atoms with Crippen molar-refractivity contribution in [3.63, 3.8) is 0 Å². The summed E-state index contributed by atoms with van der Waals surface area (Å²) in [4.78, 5) is 24.0. The van der Waals surface area contributed by atoms with Gasteiger partial charge in [0.05, 0.1) is 0 Å². The summed E-state index contributed by atoms with van der Waals surface area (Å²) < 4.78 is 4.64. The van der Waals surface area contributed by atoms with Gasteiger partial charge in [-0.15, -0.1) is 10.1 Å². The highest BCUT2D eigenvalue weighted by atomic mass is 32.2. The Morgan fingerprint density at radius 2 is 2.08 bits per heavy atom. The molecule has 0 saturated heterocycles. The predicted octanol–water partition coefficient (Wildman–Crippen LogP) is 0.491. The molecule has 76 valence electrons. The number of rotatable bonds is 7. The average Bonchev–Trinajstić information content (AvgIpc) is 2.01. The van der Waals surface area contributed by atoms with Crippen molar-refractivity contribution in [1.82, 2.24) is 0 Å². The molecule has 13 heavy (non-hydrogen) atoms. The second-order valence-electron chi connectivity index (χ2n) is 2.01. The van der Waals surface area contributed by atoms with Crippen LogP contribution < -0.4 is 0 Å². The van der Waals surface area contributed by atoms with E-state index in [0.29, 0.717) is 18.1 Å². The van der Waals surface area contributed by atoms with Crippen LogP contribution in [0.1, 0.15) is 6.92 Å². The molecule has 0 fully saturated rings. The van der Waals surface area contributed by atoms with Crippen molar-refractivity contribution < 1.29 is 19.5 Å². The van der Waals surface area contributed by atoms with Crippen LogP contribution in [0.3, 0.4) is 0 Å². The van der Waals surface area contributed by atoms with Crippen LogP contribution >= 0.6 is 11.8 Å². The van der Waals surface area contributed by atoms with Gasteiger partial charge in [0.2, 0.25) is 0 Å². The maximum atomic E-state index is 10.3. The Morgan fingerprint density at radius 1 is 1.46 bits per heavy atom. The van der Waals surface area contributed by atoms with Gasteiger partial charge in [-0.25, -0.2) is 0 Å². The number of hydrogen-bond acceptors (Lipinski definition) is 6. The summed E-state index contributed by atoms with van der Waals surface area (Å²) in [6.07, 6.45) is 0. The first-order valence-corrected chi connectivity index (χ1v) is 4.77. The van der Waals surface area contributed by atoms with Gasteiger partial charge >= 0.3 is 5.97 Å². The van der Waals surface area contributed by atoms with Gasteiger partial charge in [-0.1, -0.05) is 0 Å².